The van der Waals surface area contributed by atoms with Gasteiger partial charge in [-0.3, -0.25) is 25.0 Å². The van der Waals surface area contributed by atoms with E-state index in [0.29, 0.717) is 28.0 Å². The number of non-ortho nitro benzene ring substituents is 2. The number of ether oxygens (including phenoxy) is 1. The summed E-state index contributed by atoms with van der Waals surface area (Å²) in [5.41, 5.74) is 0.941. The summed E-state index contributed by atoms with van der Waals surface area (Å²) >= 11 is 1.15. The summed E-state index contributed by atoms with van der Waals surface area (Å²) < 4.78 is 7.25. The summed E-state index contributed by atoms with van der Waals surface area (Å²) in [5, 5.41) is 32.8. The van der Waals surface area contributed by atoms with Crippen LogP contribution in [0.3, 0.4) is 0 Å². The van der Waals surface area contributed by atoms with Crippen LogP contribution in [0.15, 0.2) is 47.6 Å². The minimum atomic E-state index is -0.524. The Bertz CT molecular complexity index is 1160. The van der Waals surface area contributed by atoms with E-state index in [0.717, 1.165) is 11.8 Å². The van der Waals surface area contributed by atoms with Crippen LogP contribution >= 0.6 is 11.8 Å². The third-order valence-corrected chi connectivity index (χ3v) is 5.40. The van der Waals surface area contributed by atoms with Gasteiger partial charge in [-0.15, -0.1) is 10.2 Å². The van der Waals surface area contributed by atoms with Crippen LogP contribution in [-0.2, 0) is 18.4 Å². The fourth-order valence-electron chi connectivity index (χ4n) is 2.58. The molecule has 0 fully saturated rings. The average molecular weight is 458 g/mol. The zero-order valence-electron chi connectivity index (χ0n) is 17.0. The Morgan fingerprint density at radius 2 is 1.75 bits per heavy atom. The van der Waals surface area contributed by atoms with Crippen molar-refractivity contribution in [2.45, 2.75) is 18.7 Å². The molecule has 1 N–H and O–H groups in total. The van der Waals surface area contributed by atoms with Crippen LogP contribution < -0.4 is 10.1 Å². The lowest BCUT2D eigenvalue weighted by Gasteiger charge is -2.08. The van der Waals surface area contributed by atoms with Gasteiger partial charge in [0.05, 0.1) is 21.3 Å². The van der Waals surface area contributed by atoms with Crippen molar-refractivity contribution in [3.63, 3.8) is 0 Å². The quantitative estimate of drug-likeness (QED) is 0.289. The van der Waals surface area contributed by atoms with Crippen LogP contribution in [0.4, 0.5) is 17.1 Å². The predicted octanol–water partition coefficient (Wildman–Crippen LogP) is 3.25. The van der Waals surface area contributed by atoms with Gasteiger partial charge in [-0.05, 0) is 24.6 Å². The van der Waals surface area contributed by atoms with Crippen LogP contribution in [0.5, 0.6) is 5.75 Å². The number of amides is 1. The highest BCUT2D eigenvalue weighted by Gasteiger charge is 2.15. The molecule has 0 radical (unpaired) electrons. The van der Waals surface area contributed by atoms with Gasteiger partial charge in [0, 0.05) is 31.3 Å². The lowest BCUT2D eigenvalue weighted by atomic mass is 10.2. The van der Waals surface area contributed by atoms with E-state index in [1.165, 1.54) is 36.4 Å². The van der Waals surface area contributed by atoms with E-state index < -0.39 is 9.85 Å². The van der Waals surface area contributed by atoms with Crippen molar-refractivity contribution in [1.82, 2.24) is 14.8 Å². The van der Waals surface area contributed by atoms with Crippen molar-refractivity contribution in [1.29, 1.82) is 0 Å². The van der Waals surface area contributed by atoms with Crippen molar-refractivity contribution in [3.8, 4) is 5.75 Å². The van der Waals surface area contributed by atoms with Crippen LogP contribution in [0, 0.1) is 27.2 Å². The number of nitrogens with zero attached hydrogens (tertiary/aromatic N) is 5. The molecule has 3 rings (SSSR count). The molecule has 2 aromatic carbocycles. The number of benzene rings is 2. The molecule has 1 aromatic heterocycles. The zero-order chi connectivity index (χ0) is 23.3. The number of nitro groups is 2. The molecule has 0 unspecified atom stereocenters. The van der Waals surface area contributed by atoms with Crippen molar-refractivity contribution < 1.29 is 19.4 Å². The number of rotatable bonds is 9. The number of aromatic nitrogens is 3. The third kappa shape index (κ3) is 5.57. The molecule has 166 valence electrons. The Labute approximate surface area is 185 Å². The molecule has 0 aliphatic rings. The lowest BCUT2D eigenvalue weighted by molar-refractivity contribution is -0.385. The summed E-state index contributed by atoms with van der Waals surface area (Å²) in [6.07, 6.45) is 0. The summed E-state index contributed by atoms with van der Waals surface area (Å²) in [7, 11) is 1.72. The van der Waals surface area contributed by atoms with Crippen LogP contribution in [0.2, 0.25) is 0 Å². The number of aryl methyl sites for hydroxylation is 1. The first-order valence-corrected chi connectivity index (χ1v) is 10.2. The molecule has 0 saturated heterocycles. The van der Waals surface area contributed by atoms with E-state index >= 15 is 0 Å². The summed E-state index contributed by atoms with van der Waals surface area (Å²) in [6, 6.07) is 9.92. The van der Waals surface area contributed by atoms with Crippen molar-refractivity contribution in [3.05, 3.63) is 74.1 Å². The predicted molar refractivity (Wildman–Crippen MR) is 116 cm³/mol. The molecule has 0 spiro atoms. The van der Waals surface area contributed by atoms with Crippen molar-refractivity contribution >= 4 is 34.7 Å². The van der Waals surface area contributed by atoms with Gasteiger partial charge >= 0.3 is 0 Å². The number of hydrogen-bond acceptors (Lipinski definition) is 9. The molecular formula is C19H18N6O6S. The van der Waals surface area contributed by atoms with Crippen molar-refractivity contribution in [2.24, 2.45) is 7.05 Å². The Hall–Kier alpha value is -4.00. The molecule has 1 heterocycles. The number of anilines is 1. The van der Waals surface area contributed by atoms with E-state index in [-0.39, 0.29) is 29.6 Å². The topological polar surface area (TPSA) is 155 Å². The smallest absolute Gasteiger partial charge is 0.271 e. The molecule has 32 heavy (non-hydrogen) atoms. The minimum Gasteiger partial charge on any atom is -0.486 e. The van der Waals surface area contributed by atoms with Gasteiger partial charge in [-0.1, -0.05) is 17.8 Å². The Morgan fingerprint density at radius 3 is 2.41 bits per heavy atom. The first-order valence-electron chi connectivity index (χ1n) is 9.18. The normalized spacial score (nSPS) is 10.6. The van der Waals surface area contributed by atoms with Gasteiger partial charge in [0.2, 0.25) is 5.91 Å². The van der Waals surface area contributed by atoms with Gasteiger partial charge in [0.25, 0.3) is 11.4 Å². The largest absolute Gasteiger partial charge is 0.486 e. The zero-order valence-corrected chi connectivity index (χ0v) is 17.9. The third-order valence-electron chi connectivity index (χ3n) is 4.38. The molecule has 13 heteroatoms. The number of thioether (sulfide) groups is 1. The van der Waals surface area contributed by atoms with E-state index in [2.05, 4.69) is 15.5 Å². The number of carbonyl (C=O) groups excluding carboxylic acids is 1. The maximum atomic E-state index is 12.3. The van der Waals surface area contributed by atoms with E-state index in [1.54, 1.807) is 24.6 Å². The van der Waals surface area contributed by atoms with E-state index in [9.17, 15) is 25.0 Å². The highest BCUT2D eigenvalue weighted by Crippen LogP contribution is 2.23. The van der Waals surface area contributed by atoms with Gasteiger partial charge in [-0.2, -0.15) is 0 Å². The Balaban J connectivity index is 1.55. The van der Waals surface area contributed by atoms with Gasteiger partial charge in [-0.25, -0.2) is 0 Å². The SMILES string of the molecule is Cc1ccc([N+](=O)[O-])cc1NC(=O)CSc1nnc(COc2ccc([N+](=O)[O-])cc2)n1C. The first-order chi connectivity index (χ1) is 15.2. The lowest BCUT2D eigenvalue weighted by Crippen LogP contribution is -2.15. The Morgan fingerprint density at radius 1 is 1.09 bits per heavy atom. The van der Waals surface area contributed by atoms with Crippen LogP contribution in [0.1, 0.15) is 11.4 Å². The molecule has 3 aromatic rings. The molecule has 0 aliphatic heterocycles. The molecule has 1 amide bonds. The first kappa shape index (κ1) is 22.7. The molecule has 12 nitrogen and oxygen atoms in total. The second kappa shape index (κ2) is 9.87. The molecule has 0 aliphatic carbocycles. The second-order valence-electron chi connectivity index (χ2n) is 6.59. The summed E-state index contributed by atoms with van der Waals surface area (Å²) in [5.74, 6) is 0.627. The number of hydrogen-bond donors (Lipinski definition) is 1. The molecular weight excluding hydrogens is 440 g/mol. The highest BCUT2D eigenvalue weighted by molar-refractivity contribution is 7.99. The van der Waals surface area contributed by atoms with Gasteiger partial charge < -0.3 is 14.6 Å². The molecule has 0 atom stereocenters. The summed E-state index contributed by atoms with van der Waals surface area (Å²) in [6.45, 7) is 1.83. The second-order valence-corrected chi connectivity index (χ2v) is 7.53. The number of carbonyl (C=O) groups is 1. The maximum absolute atomic E-state index is 12.3. The molecule has 0 saturated carbocycles. The summed E-state index contributed by atoms with van der Waals surface area (Å²) in [4.78, 5) is 32.9. The van der Waals surface area contributed by atoms with Crippen LogP contribution in [0.25, 0.3) is 0 Å². The standard InChI is InChI=1S/C19H18N6O6S/c1-12-3-4-14(25(29)30)9-16(12)20-18(26)11-32-19-22-21-17(23(19)2)10-31-15-7-5-13(6-8-15)24(27)28/h3-9H,10-11H2,1-2H3,(H,20,26). The van der Waals surface area contributed by atoms with Crippen molar-refractivity contribution in [2.75, 3.05) is 11.1 Å². The van der Waals surface area contributed by atoms with E-state index in [4.69, 9.17) is 4.74 Å². The fraction of sp³-hybridized carbons (Fsp3) is 0.211. The monoisotopic (exact) mass is 458 g/mol. The fourth-order valence-corrected chi connectivity index (χ4v) is 3.31. The highest BCUT2D eigenvalue weighted by atomic mass is 32.2. The van der Waals surface area contributed by atoms with E-state index in [1.807, 2.05) is 0 Å². The average Bonchev–Trinajstić information content (AvgIpc) is 3.11. The van der Waals surface area contributed by atoms with Gasteiger partial charge in [0.1, 0.15) is 12.4 Å². The number of nitro benzene ring substituents is 2. The molecule has 0 bridgehead atoms. The maximum Gasteiger partial charge on any atom is 0.271 e. The minimum absolute atomic E-state index is 0.0251. The number of nitrogens with one attached hydrogen (secondary N) is 1. The Kier molecular flexibility index (Phi) is 7.00. The van der Waals surface area contributed by atoms with Crippen LogP contribution in [-0.4, -0.2) is 36.3 Å². The van der Waals surface area contributed by atoms with Gasteiger partial charge in [0.15, 0.2) is 11.0 Å².